The lowest BCUT2D eigenvalue weighted by Gasteiger charge is -2.14. The molecule has 0 aliphatic carbocycles. The van der Waals surface area contributed by atoms with Crippen molar-refractivity contribution >= 4 is 17.3 Å². The normalized spacial score (nSPS) is 10.1. The molecule has 0 unspecified atom stereocenters. The number of nitrogens with zero attached hydrogens (tertiary/aromatic N) is 5. The number of aromatic nitrogens is 4. The van der Waals surface area contributed by atoms with E-state index in [0.29, 0.717) is 22.8 Å². The van der Waals surface area contributed by atoms with E-state index >= 15 is 0 Å². The average molecular weight is 482 g/mol. The van der Waals surface area contributed by atoms with Gasteiger partial charge in [0.25, 0.3) is 5.56 Å². The van der Waals surface area contributed by atoms with Crippen molar-refractivity contribution in [1.29, 1.82) is 0 Å². The lowest BCUT2D eigenvalue weighted by atomic mass is 10.3. The molecule has 0 saturated heterocycles. The summed E-state index contributed by atoms with van der Waals surface area (Å²) in [6, 6.07) is 18.3. The van der Waals surface area contributed by atoms with Gasteiger partial charge in [0.1, 0.15) is 5.02 Å². The fraction of sp³-hybridized carbons (Fsp3) is 0.167. The molecular weight excluding hydrogens is 458 g/mol. The van der Waals surface area contributed by atoms with E-state index < -0.39 is 0 Å². The summed E-state index contributed by atoms with van der Waals surface area (Å²) < 4.78 is 12.6. The van der Waals surface area contributed by atoms with Gasteiger partial charge < -0.3 is 14.4 Å². The van der Waals surface area contributed by atoms with Crippen LogP contribution < -0.4 is 25.5 Å². The summed E-state index contributed by atoms with van der Waals surface area (Å²) in [4.78, 5) is 25.9. The number of ether oxygens (including phenoxy) is 2. The maximum atomic E-state index is 12.1. The van der Waals surface area contributed by atoms with Crippen LogP contribution in [0.4, 0.5) is 5.69 Å². The first kappa shape index (κ1) is 24.5. The molecule has 10 heteroatoms. The van der Waals surface area contributed by atoms with Crippen molar-refractivity contribution in [2.45, 2.75) is 0 Å². The third-order valence-electron chi connectivity index (χ3n) is 4.71. The Morgan fingerprint density at radius 1 is 0.765 bits per heavy atom. The minimum absolute atomic E-state index is 0.145. The monoisotopic (exact) mass is 481 g/mol. The van der Waals surface area contributed by atoms with Crippen LogP contribution in [0.25, 0.3) is 11.4 Å². The van der Waals surface area contributed by atoms with E-state index in [1.54, 1.807) is 35.4 Å². The van der Waals surface area contributed by atoms with Gasteiger partial charge in [-0.3, -0.25) is 9.59 Å². The number of benzene rings is 2. The maximum Gasteiger partial charge on any atom is 0.317 e. The van der Waals surface area contributed by atoms with Crippen LogP contribution in [0.2, 0.25) is 5.02 Å². The van der Waals surface area contributed by atoms with Crippen molar-refractivity contribution in [1.82, 2.24) is 19.6 Å². The van der Waals surface area contributed by atoms with Crippen LogP contribution in [0.15, 0.2) is 82.6 Å². The summed E-state index contributed by atoms with van der Waals surface area (Å²) in [5.74, 6) is 0.469. The molecule has 176 valence electrons. The van der Waals surface area contributed by atoms with Crippen molar-refractivity contribution in [3.63, 3.8) is 0 Å². The Morgan fingerprint density at radius 2 is 1.26 bits per heavy atom. The van der Waals surface area contributed by atoms with E-state index in [1.165, 1.54) is 29.8 Å². The van der Waals surface area contributed by atoms with Gasteiger partial charge in [0.05, 0.1) is 43.7 Å². The van der Waals surface area contributed by atoms with Crippen LogP contribution in [0.5, 0.6) is 11.5 Å². The zero-order valence-electron chi connectivity index (χ0n) is 19.2. The van der Waals surface area contributed by atoms with Gasteiger partial charge in [-0.15, -0.1) is 0 Å². The van der Waals surface area contributed by atoms with E-state index in [1.807, 2.05) is 50.5 Å². The lowest BCUT2D eigenvalue weighted by molar-refractivity contribution is 0.344. The largest absolute Gasteiger partial charge is 0.491 e. The van der Waals surface area contributed by atoms with Gasteiger partial charge in [0.2, 0.25) is 5.75 Å². The molecule has 0 radical (unpaired) electrons. The third-order valence-corrected chi connectivity index (χ3v) is 5.06. The van der Waals surface area contributed by atoms with Gasteiger partial charge in [0.15, 0.2) is 5.75 Å². The fourth-order valence-electron chi connectivity index (χ4n) is 3.00. The summed E-state index contributed by atoms with van der Waals surface area (Å²) in [6.45, 7) is 0. The molecule has 0 N–H and O–H groups in total. The van der Waals surface area contributed by atoms with E-state index in [2.05, 4.69) is 10.2 Å². The molecule has 0 atom stereocenters. The van der Waals surface area contributed by atoms with Gasteiger partial charge in [-0.25, -0.2) is 0 Å². The van der Waals surface area contributed by atoms with Gasteiger partial charge in [0, 0.05) is 14.1 Å². The molecule has 0 amide bonds. The van der Waals surface area contributed by atoms with Gasteiger partial charge in [-0.2, -0.15) is 19.6 Å². The molecule has 2 aromatic heterocycles. The molecule has 0 aliphatic heterocycles. The molecule has 34 heavy (non-hydrogen) atoms. The molecule has 2 aromatic carbocycles. The van der Waals surface area contributed by atoms with E-state index in [4.69, 9.17) is 21.1 Å². The van der Waals surface area contributed by atoms with Crippen molar-refractivity contribution < 1.29 is 9.47 Å². The lowest BCUT2D eigenvalue weighted by Crippen LogP contribution is -2.24. The summed E-state index contributed by atoms with van der Waals surface area (Å²) >= 11 is 6.03. The number of methoxy groups -OCH3 is 2. The van der Waals surface area contributed by atoms with Crippen LogP contribution in [0.3, 0.4) is 0 Å². The topological polar surface area (TPSA) is 91.5 Å². The zero-order valence-corrected chi connectivity index (χ0v) is 19.9. The molecule has 0 bridgehead atoms. The highest BCUT2D eigenvalue weighted by Crippen LogP contribution is 2.20. The maximum absolute atomic E-state index is 12.1. The minimum Gasteiger partial charge on any atom is -0.491 e. The Kier molecular flexibility index (Phi) is 8.05. The van der Waals surface area contributed by atoms with Gasteiger partial charge in [-0.05, 0) is 24.3 Å². The Balaban J connectivity index is 0.000000191. The van der Waals surface area contributed by atoms with E-state index in [0.717, 1.165) is 0 Å². The number of anilines is 1. The van der Waals surface area contributed by atoms with E-state index in [9.17, 15) is 9.59 Å². The highest BCUT2D eigenvalue weighted by molar-refractivity contribution is 6.33. The highest BCUT2D eigenvalue weighted by atomic mass is 35.5. The van der Waals surface area contributed by atoms with Crippen LogP contribution in [0.1, 0.15) is 0 Å². The smallest absolute Gasteiger partial charge is 0.317 e. The van der Waals surface area contributed by atoms with Crippen molar-refractivity contribution in [3.8, 4) is 22.9 Å². The first-order valence-electron chi connectivity index (χ1n) is 10.1. The molecular formula is C24H24ClN5O4. The van der Waals surface area contributed by atoms with Crippen LogP contribution in [0, 0.1) is 0 Å². The molecule has 2 heterocycles. The Bertz CT molecular complexity index is 1360. The minimum atomic E-state index is -0.349. The second-order valence-electron chi connectivity index (χ2n) is 7.09. The van der Waals surface area contributed by atoms with Gasteiger partial charge >= 0.3 is 5.56 Å². The Labute approximate surface area is 201 Å². The second-order valence-corrected chi connectivity index (χ2v) is 7.47. The first-order valence-corrected chi connectivity index (χ1v) is 10.5. The third kappa shape index (κ3) is 5.26. The number of rotatable bonds is 5. The van der Waals surface area contributed by atoms with Crippen molar-refractivity contribution in [2.24, 2.45) is 0 Å². The highest BCUT2D eigenvalue weighted by Gasteiger charge is 2.13. The number of hydrogen-bond acceptors (Lipinski definition) is 7. The number of halogens is 1. The average Bonchev–Trinajstić information content (AvgIpc) is 2.86. The van der Waals surface area contributed by atoms with Crippen LogP contribution >= 0.6 is 11.6 Å². The summed E-state index contributed by atoms with van der Waals surface area (Å²) in [5, 5.41) is 8.31. The first-order chi connectivity index (χ1) is 16.4. The Hall–Kier alpha value is -4.11. The summed E-state index contributed by atoms with van der Waals surface area (Å²) in [5.41, 5.74) is 1.33. The second kappa shape index (κ2) is 11.2. The Morgan fingerprint density at radius 3 is 1.74 bits per heavy atom. The quantitative estimate of drug-likeness (QED) is 0.432. The number of hydrogen-bond donors (Lipinski definition) is 0. The zero-order chi connectivity index (χ0) is 24.7. The predicted octanol–water partition coefficient (Wildman–Crippen LogP) is 3.20. The molecule has 4 aromatic rings. The molecule has 0 spiro atoms. The predicted molar refractivity (Wildman–Crippen MR) is 132 cm³/mol. The summed E-state index contributed by atoms with van der Waals surface area (Å²) in [6.07, 6.45) is 3.03. The fourth-order valence-corrected chi connectivity index (χ4v) is 3.30. The van der Waals surface area contributed by atoms with Crippen LogP contribution in [-0.4, -0.2) is 47.9 Å². The summed E-state index contributed by atoms with van der Waals surface area (Å²) in [7, 11) is 6.52. The van der Waals surface area contributed by atoms with Crippen molar-refractivity contribution in [2.75, 3.05) is 33.2 Å². The van der Waals surface area contributed by atoms with Crippen LogP contribution in [-0.2, 0) is 0 Å². The van der Waals surface area contributed by atoms with E-state index in [-0.39, 0.29) is 21.9 Å². The molecule has 4 rings (SSSR count). The number of para-hydroxylation sites is 2. The van der Waals surface area contributed by atoms with Crippen molar-refractivity contribution in [3.05, 3.63) is 98.8 Å². The van der Waals surface area contributed by atoms with Gasteiger partial charge in [-0.1, -0.05) is 48.0 Å². The molecule has 0 aliphatic rings. The SMILES string of the molecule is CN(C)c1cnn(-c2ccccc2)c(=O)c1Cl.COc1cnn(-c2ccccc2)c(=O)c1OC. The molecule has 9 nitrogen and oxygen atoms in total. The molecule has 0 saturated carbocycles. The molecule has 0 fully saturated rings. The standard InChI is InChI=1S/C12H12ClN3O.C12H12N2O3/c1-15(2)10-8-14-16(12(17)11(10)13)9-6-4-3-5-7-9;1-16-10-8-13-14(12(15)11(10)17-2)9-6-4-3-5-7-9/h2*3-8H,1-2H3.